The third-order valence-corrected chi connectivity index (χ3v) is 3.26. The molecule has 0 spiro atoms. The lowest BCUT2D eigenvalue weighted by Gasteiger charge is -2.34. The third-order valence-electron chi connectivity index (χ3n) is 3.26. The molecule has 1 aromatic rings. The number of primary amides is 1. The maximum Gasteiger partial charge on any atom is 0.328 e. The highest BCUT2D eigenvalue weighted by Crippen LogP contribution is 2.23. The molecule has 2 rings (SSSR count). The number of esters is 1. The third kappa shape index (κ3) is 3.04. The lowest BCUT2D eigenvalue weighted by Crippen LogP contribution is -2.46. The van der Waals surface area contributed by atoms with Crippen LogP contribution in [-0.2, 0) is 9.53 Å². The van der Waals surface area contributed by atoms with Crippen LogP contribution in [0.2, 0.25) is 0 Å². The van der Waals surface area contributed by atoms with Gasteiger partial charge in [0.05, 0.1) is 6.61 Å². The van der Waals surface area contributed by atoms with Crippen LogP contribution < -0.4 is 10.6 Å². The molecule has 1 amide bonds. The van der Waals surface area contributed by atoms with Crippen molar-refractivity contribution in [3.05, 3.63) is 17.8 Å². The van der Waals surface area contributed by atoms with Crippen molar-refractivity contribution in [2.45, 2.75) is 32.2 Å². The molecule has 7 nitrogen and oxygen atoms in total. The molecule has 0 radical (unpaired) electrons. The van der Waals surface area contributed by atoms with Crippen LogP contribution in [0.15, 0.2) is 12.1 Å². The summed E-state index contributed by atoms with van der Waals surface area (Å²) in [6.07, 6.45) is 2.69. The molecule has 1 aliphatic rings. The number of amides is 1. The first-order chi connectivity index (χ1) is 9.63. The van der Waals surface area contributed by atoms with E-state index in [1.54, 1.807) is 13.0 Å². The van der Waals surface area contributed by atoms with Gasteiger partial charge in [-0.1, -0.05) is 0 Å². The van der Waals surface area contributed by atoms with E-state index in [1.807, 2.05) is 4.90 Å². The number of hydrogen-bond donors (Lipinski definition) is 1. The minimum atomic E-state index is -0.621. The smallest absolute Gasteiger partial charge is 0.328 e. The van der Waals surface area contributed by atoms with Gasteiger partial charge in [-0.2, -0.15) is 0 Å². The van der Waals surface area contributed by atoms with E-state index in [4.69, 9.17) is 10.5 Å². The SMILES string of the molecule is CCOC(=O)C1CCCCN1c1ccc(C(N)=O)nn1. The maximum atomic E-state index is 12.0. The van der Waals surface area contributed by atoms with Crippen LogP contribution in [0.1, 0.15) is 36.7 Å². The molecule has 108 valence electrons. The van der Waals surface area contributed by atoms with Gasteiger partial charge in [0, 0.05) is 6.54 Å². The van der Waals surface area contributed by atoms with Gasteiger partial charge in [-0.15, -0.1) is 10.2 Å². The summed E-state index contributed by atoms with van der Waals surface area (Å²) in [5.41, 5.74) is 5.24. The quantitative estimate of drug-likeness (QED) is 0.805. The molecule has 0 saturated carbocycles. The average Bonchev–Trinajstić information content (AvgIpc) is 2.47. The van der Waals surface area contributed by atoms with Crippen molar-refractivity contribution in [1.82, 2.24) is 10.2 Å². The summed E-state index contributed by atoms with van der Waals surface area (Å²) in [6, 6.07) is 2.84. The minimum absolute atomic E-state index is 0.110. The van der Waals surface area contributed by atoms with Gasteiger partial charge in [0.2, 0.25) is 0 Å². The van der Waals surface area contributed by atoms with Crippen LogP contribution >= 0.6 is 0 Å². The second kappa shape index (κ2) is 6.31. The lowest BCUT2D eigenvalue weighted by molar-refractivity contribution is -0.145. The van der Waals surface area contributed by atoms with E-state index in [1.165, 1.54) is 6.07 Å². The van der Waals surface area contributed by atoms with Crippen LogP contribution in [0.3, 0.4) is 0 Å². The zero-order valence-corrected chi connectivity index (χ0v) is 11.4. The van der Waals surface area contributed by atoms with Crippen molar-refractivity contribution in [3.8, 4) is 0 Å². The molecule has 0 aliphatic carbocycles. The molecule has 1 fully saturated rings. The number of piperidine rings is 1. The highest BCUT2D eigenvalue weighted by molar-refractivity contribution is 5.90. The van der Waals surface area contributed by atoms with Crippen molar-refractivity contribution in [2.75, 3.05) is 18.1 Å². The number of nitrogens with zero attached hydrogens (tertiary/aromatic N) is 3. The molecule has 1 atom stereocenters. The number of carbonyl (C=O) groups is 2. The molecule has 1 aromatic heterocycles. The molecule has 20 heavy (non-hydrogen) atoms. The summed E-state index contributed by atoms with van der Waals surface area (Å²) < 4.78 is 5.09. The molecule has 7 heteroatoms. The van der Waals surface area contributed by atoms with E-state index in [-0.39, 0.29) is 17.7 Å². The molecule has 1 unspecified atom stereocenters. The minimum Gasteiger partial charge on any atom is -0.464 e. The first-order valence-corrected chi connectivity index (χ1v) is 6.70. The maximum absolute atomic E-state index is 12.0. The fourth-order valence-electron chi connectivity index (χ4n) is 2.30. The highest BCUT2D eigenvalue weighted by Gasteiger charge is 2.31. The van der Waals surface area contributed by atoms with Gasteiger partial charge in [0.25, 0.3) is 5.91 Å². The Morgan fingerprint density at radius 1 is 1.40 bits per heavy atom. The summed E-state index contributed by atoms with van der Waals surface area (Å²) in [6.45, 7) is 2.86. The molecule has 2 heterocycles. The van der Waals surface area contributed by atoms with E-state index in [0.717, 1.165) is 19.3 Å². The molecular formula is C13H18N4O3. The van der Waals surface area contributed by atoms with Crippen molar-refractivity contribution in [3.63, 3.8) is 0 Å². The largest absolute Gasteiger partial charge is 0.464 e. The number of hydrogen-bond acceptors (Lipinski definition) is 6. The van der Waals surface area contributed by atoms with Gasteiger partial charge < -0.3 is 15.4 Å². The molecule has 0 aromatic carbocycles. The molecule has 2 N–H and O–H groups in total. The Kier molecular flexibility index (Phi) is 4.49. The van der Waals surface area contributed by atoms with Gasteiger partial charge in [-0.3, -0.25) is 4.79 Å². The predicted octanol–water partition coefficient (Wildman–Crippen LogP) is 0.497. The summed E-state index contributed by atoms with van der Waals surface area (Å²) in [7, 11) is 0. The van der Waals surface area contributed by atoms with Crippen molar-refractivity contribution in [2.24, 2.45) is 5.73 Å². The van der Waals surface area contributed by atoms with Gasteiger partial charge in [0.15, 0.2) is 11.5 Å². The van der Waals surface area contributed by atoms with Crippen LogP contribution in [0.4, 0.5) is 5.82 Å². The number of carbonyl (C=O) groups excluding carboxylic acids is 2. The van der Waals surface area contributed by atoms with E-state index in [9.17, 15) is 9.59 Å². The topological polar surface area (TPSA) is 98.4 Å². The van der Waals surface area contributed by atoms with Crippen molar-refractivity contribution in [1.29, 1.82) is 0 Å². The van der Waals surface area contributed by atoms with Gasteiger partial charge in [-0.25, -0.2) is 4.79 Å². The number of nitrogens with two attached hydrogens (primary N) is 1. The normalized spacial score (nSPS) is 18.6. The first kappa shape index (κ1) is 14.2. The Hall–Kier alpha value is -2.18. The van der Waals surface area contributed by atoms with E-state index in [0.29, 0.717) is 19.0 Å². The second-order valence-electron chi connectivity index (χ2n) is 4.60. The second-order valence-corrected chi connectivity index (χ2v) is 4.60. The van der Waals surface area contributed by atoms with Gasteiger partial charge >= 0.3 is 5.97 Å². The monoisotopic (exact) mass is 278 g/mol. The molecule has 1 aliphatic heterocycles. The Morgan fingerprint density at radius 2 is 2.20 bits per heavy atom. The lowest BCUT2D eigenvalue weighted by atomic mass is 10.0. The van der Waals surface area contributed by atoms with Crippen molar-refractivity contribution >= 4 is 17.7 Å². The summed E-state index contributed by atoms with van der Waals surface area (Å²) in [4.78, 5) is 24.8. The number of aromatic nitrogens is 2. The standard InChI is InChI=1S/C13H18N4O3/c1-2-20-13(19)10-5-3-4-8-17(10)11-7-6-9(12(14)18)15-16-11/h6-7,10H,2-5,8H2,1H3,(H2,14,18). The Balaban J connectivity index is 2.18. The Morgan fingerprint density at radius 3 is 2.80 bits per heavy atom. The zero-order valence-electron chi connectivity index (χ0n) is 11.4. The van der Waals surface area contributed by atoms with Crippen LogP contribution in [0.25, 0.3) is 0 Å². The Labute approximate surface area is 117 Å². The van der Waals surface area contributed by atoms with Gasteiger partial charge in [0.1, 0.15) is 6.04 Å². The summed E-state index contributed by atoms with van der Waals surface area (Å²) >= 11 is 0. The zero-order chi connectivity index (χ0) is 14.5. The summed E-state index contributed by atoms with van der Waals surface area (Å²) in [5, 5.41) is 7.76. The van der Waals surface area contributed by atoms with Crippen molar-refractivity contribution < 1.29 is 14.3 Å². The summed E-state index contributed by atoms with van der Waals surface area (Å²) in [5.74, 6) is -0.301. The fraction of sp³-hybridized carbons (Fsp3) is 0.538. The molecular weight excluding hydrogens is 260 g/mol. The Bertz CT molecular complexity index is 489. The average molecular weight is 278 g/mol. The molecule has 0 bridgehead atoms. The van der Waals surface area contributed by atoms with E-state index in [2.05, 4.69) is 10.2 Å². The van der Waals surface area contributed by atoms with Crippen LogP contribution in [0, 0.1) is 0 Å². The highest BCUT2D eigenvalue weighted by atomic mass is 16.5. The number of anilines is 1. The predicted molar refractivity (Wildman–Crippen MR) is 72.2 cm³/mol. The fourth-order valence-corrected chi connectivity index (χ4v) is 2.30. The van der Waals surface area contributed by atoms with E-state index >= 15 is 0 Å². The first-order valence-electron chi connectivity index (χ1n) is 6.70. The van der Waals surface area contributed by atoms with Gasteiger partial charge in [-0.05, 0) is 38.3 Å². The van der Waals surface area contributed by atoms with E-state index < -0.39 is 5.91 Å². The number of rotatable bonds is 4. The number of ether oxygens (including phenoxy) is 1. The molecule has 1 saturated heterocycles. The van der Waals surface area contributed by atoms with Crippen LogP contribution in [0.5, 0.6) is 0 Å². The van der Waals surface area contributed by atoms with Crippen LogP contribution in [-0.4, -0.2) is 41.3 Å².